The fourth-order valence-corrected chi connectivity index (χ4v) is 4.13. The second-order valence-corrected chi connectivity index (χ2v) is 8.69. The van der Waals surface area contributed by atoms with E-state index in [4.69, 9.17) is 14.5 Å². The molecule has 4 rings (SSSR count). The van der Waals surface area contributed by atoms with Gasteiger partial charge in [0.2, 0.25) is 11.7 Å². The molecule has 0 unspecified atom stereocenters. The lowest BCUT2D eigenvalue weighted by atomic mass is 9.93. The number of hydrogen-bond acceptors (Lipinski definition) is 10. The van der Waals surface area contributed by atoms with Crippen LogP contribution in [0.5, 0.6) is 0 Å². The number of amides is 2. The zero-order valence-corrected chi connectivity index (χ0v) is 18.9. The molecule has 13 nitrogen and oxygen atoms in total. The fraction of sp³-hybridized carbons (Fsp3) is 0.368. The van der Waals surface area contributed by atoms with Gasteiger partial charge in [0.05, 0.1) is 36.4 Å². The van der Waals surface area contributed by atoms with E-state index >= 15 is 0 Å². The third-order valence-corrected chi connectivity index (χ3v) is 5.99. The molecule has 17 heteroatoms. The van der Waals surface area contributed by atoms with Crippen LogP contribution in [-0.2, 0) is 9.53 Å². The van der Waals surface area contributed by atoms with Gasteiger partial charge in [0.25, 0.3) is 6.43 Å². The van der Waals surface area contributed by atoms with Crippen LogP contribution >= 0.6 is 11.8 Å². The van der Waals surface area contributed by atoms with E-state index in [1.54, 1.807) is 0 Å². The van der Waals surface area contributed by atoms with E-state index in [9.17, 15) is 27.6 Å². The van der Waals surface area contributed by atoms with Crippen molar-refractivity contribution in [1.29, 1.82) is 0 Å². The highest BCUT2D eigenvalue weighted by Crippen LogP contribution is 2.30. The first-order valence-electron chi connectivity index (χ1n) is 10.2. The number of aromatic nitrogens is 4. The van der Waals surface area contributed by atoms with Gasteiger partial charge in [0, 0.05) is 12.3 Å². The van der Waals surface area contributed by atoms with Crippen molar-refractivity contribution < 1.29 is 41.8 Å². The summed E-state index contributed by atoms with van der Waals surface area (Å²) in [5.74, 6) is -2.53. The number of alkyl halides is 2. The van der Waals surface area contributed by atoms with Crippen LogP contribution in [-0.4, -0.2) is 68.2 Å². The van der Waals surface area contributed by atoms with Gasteiger partial charge in [-0.3, -0.25) is 9.32 Å². The lowest BCUT2D eigenvalue weighted by Crippen LogP contribution is -2.63. The van der Waals surface area contributed by atoms with Crippen molar-refractivity contribution in [2.75, 3.05) is 25.5 Å². The van der Waals surface area contributed by atoms with Gasteiger partial charge < -0.3 is 20.5 Å². The maximum Gasteiger partial charge on any atom is 0.446 e. The van der Waals surface area contributed by atoms with Gasteiger partial charge in [-0.1, -0.05) is 16.9 Å². The van der Waals surface area contributed by atoms with Crippen LogP contribution in [0.2, 0.25) is 0 Å². The zero-order valence-electron chi connectivity index (χ0n) is 18.1. The first-order valence-corrected chi connectivity index (χ1v) is 11.2. The fourth-order valence-electron chi connectivity index (χ4n) is 3.38. The number of hydrogen-bond donors (Lipinski definition) is 3. The Balaban J connectivity index is 1.42. The molecule has 0 atom stereocenters. The summed E-state index contributed by atoms with van der Waals surface area (Å²) in [4.78, 5) is 35.3. The van der Waals surface area contributed by atoms with Crippen molar-refractivity contribution in [3.63, 3.8) is 0 Å². The molecule has 0 spiro atoms. The molecule has 1 aromatic carbocycles. The Morgan fingerprint density at radius 1 is 1.25 bits per heavy atom. The monoisotopic (exact) mass is 530 g/mol. The van der Waals surface area contributed by atoms with E-state index in [0.717, 1.165) is 34.5 Å². The SMILES string of the molecule is O=C(O)NC1(CC(=O)NCCSc2nonc2-c2noc(=O)n2-c2ccc(F)c(C(F)F)c2)COC1. The number of carboxylic acid groups (broad SMARTS) is 1. The van der Waals surface area contributed by atoms with E-state index in [0.29, 0.717) is 0 Å². The van der Waals surface area contributed by atoms with Gasteiger partial charge in [0.1, 0.15) is 5.82 Å². The Bertz CT molecular complexity index is 1320. The van der Waals surface area contributed by atoms with Crippen LogP contribution in [0.3, 0.4) is 0 Å². The Morgan fingerprint density at radius 3 is 2.69 bits per heavy atom. The van der Waals surface area contributed by atoms with Crippen molar-refractivity contribution in [3.8, 4) is 17.2 Å². The Labute approximate surface area is 202 Å². The molecular formula is C19H17F3N6O7S. The van der Waals surface area contributed by atoms with E-state index in [2.05, 4.69) is 30.6 Å². The summed E-state index contributed by atoms with van der Waals surface area (Å²) < 4.78 is 55.1. The minimum absolute atomic E-state index is 0.0451. The molecule has 2 amide bonds. The highest BCUT2D eigenvalue weighted by Gasteiger charge is 2.42. The zero-order chi connectivity index (χ0) is 25.9. The third kappa shape index (κ3) is 5.35. The summed E-state index contributed by atoms with van der Waals surface area (Å²) in [7, 11) is 0. The highest BCUT2D eigenvalue weighted by atomic mass is 32.2. The predicted octanol–water partition coefficient (Wildman–Crippen LogP) is 1.59. The number of halogens is 3. The van der Waals surface area contributed by atoms with Crippen LogP contribution in [0.15, 0.2) is 37.2 Å². The van der Waals surface area contributed by atoms with Crippen LogP contribution in [0.4, 0.5) is 18.0 Å². The topological polar surface area (TPSA) is 175 Å². The Hall–Kier alpha value is -3.86. The minimum Gasteiger partial charge on any atom is -0.465 e. The van der Waals surface area contributed by atoms with Crippen molar-refractivity contribution in [1.82, 2.24) is 30.7 Å². The molecular weight excluding hydrogens is 513 g/mol. The van der Waals surface area contributed by atoms with Crippen LogP contribution < -0.4 is 16.4 Å². The van der Waals surface area contributed by atoms with Gasteiger partial charge in [-0.05, 0) is 28.5 Å². The van der Waals surface area contributed by atoms with Crippen molar-refractivity contribution in [3.05, 3.63) is 40.1 Å². The van der Waals surface area contributed by atoms with Crippen LogP contribution in [0.1, 0.15) is 18.4 Å². The Morgan fingerprint density at radius 2 is 2.03 bits per heavy atom. The standard InChI is InChI=1S/C19H17F3N6O7S/c20-11-2-1-9(5-10(11)14(21)22)28-15(26-34-18(28)32)13-16(27-35-25-13)36-4-3-23-12(29)6-19(7-33-8-19)24-17(30)31/h1-2,5,14,24H,3-4,6-8H2,(H,23,29)(H,30,31). The second-order valence-electron chi connectivity index (χ2n) is 7.61. The second kappa shape index (κ2) is 10.4. The molecule has 0 radical (unpaired) electrons. The van der Waals surface area contributed by atoms with E-state index in [1.165, 1.54) is 0 Å². The third-order valence-electron chi connectivity index (χ3n) is 5.04. The van der Waals surface area contributed by atoms with Gasteiger partial charge in [-0.25, -0.2) is 32.0 Å². The molecule has 2 aromatic heterocycles. The maximum absolute atomic E-state index is 13.7. The number of nitrogens with zero attached hydrogens (tertiary/aromatic N) is 4. The number of rotatable bonds is 10. The number of benzene rings is 1. The van der Waals surface area contributed by atoms with Crippen LogP contribution in [0.25, 0.3) is 17.2 Å². The van der Waals surface area contributed by atoms with E-state index in [1.807, 2.05) is 0 Å². The molecule has 0 bridgehead atoms. The largest absolute Gasteiger partial charge is 0.465 e. The van der Waals surface area contributed by atoms with Crippen molar-refractivity contribution in [2.24, 2.45) is 0 Å². The molecule has 1 aliphatic rings. The lowest BCUT2D eigenvalue weighted by molar-refractivity contribution is -0.130. The molecule has 192 valence electrons. The van der Waals surface area contributed by atoms with Gasteiger partial charge in [-0.15, -0.1) is 0 Å². The summed E-state index contributed by atoms with van der Waals surface area (Å²) >= 11 is 1.07. The molecule has 1 fully saturated rings. The number of carbonyl (C=O) groups excluding carboxylic acids is 1. The molecule has 1 aliphatic heterocycles. The number of nitrogens with one attached hydrogen (secondary N) is 2. The minimum atomic E-state index is -3.12. The van der Waals surface area contributed by atoms with Crippen LogP contribution in [0, 0.1) is 5.82 Å². The smallest absolute Gasteiger partial charge is 0.446 e. The first kappa shape index (κ1) is 25.2. The molecule has 0 saturated carbocycles. The van der Waals surface area contributed by atoms with Crippen molar-refractivity contribution >= 4 is 23.8 Å². The normalized spacial score (nSPS) is 14.4. The summed E-state index contributed by atoms with van der Waals surface area (Å²) in [5.41, 5.74) is -2.06. The molecule has 36 heavy (non-hydrogen) atoms. The molecule has 0 aliphatic carbocycles. The summed E-state index contributed by atoms with van der Waals surface area (Å²) in [5, 5.41) is 25.0. The molecule has 3 N–H and O–H groups in total. The average Bonchev–Trinajstić information content (AvgIpc) is 3.41. The molecule has 3 heterocycles. The molecule has 1 saturated heterocycles. The predicted molar refractivity (Wildman–Crippen MR) is 113 cm³/mol. The summed E-state index contributed by atoms with van der Waals surface area (Å²) in [6.07, 6.45) is -4.49. The van der Waals surface area contributed by atoms with Gasteiger partial charge in [-0.2, -0.15) is 0 Å². The first-order chi connectivity index (χ1) is 17.2. The quantitative estimate of drug-likeness (QED) is 0.256. The summed E-state index contributed by atoms with van der Waals surface area (Å²) in [6.45, 7) is 0.324. The van der Waals surface area contributed by atoms with E-state index < -0.39 is 41.1 Å². The van der Waals surface area contributed by atoms with Gasteiger partial charge >= 0.3 is 11.8 Å². The maximum atomic E-state index is 13.7. The lowest BCUT2D eigenvalue weighted by Gasteiger charge is -2.40. The van der Waals surface area contributed by atoms with E-state index in [-0.39, 0.29) is 54.2 Å². The summed E-state index contributed by atoms with van der Waals surface area (Å²) in [6, 6.07) is 2.67. The Kier molecular flexibility index (Phi) is 7.30. The number of ether oxygens (including phenoxy) is 1. The molecule has 3 aromatic rings. The van der Waals surface area contributed by atoms with Crippen molar-refractivity contribution in [2.45, 2.75) is 23.4 Å². The average molecular weight is 530 g/mol. The number of carbonyl (C=O) groups is 2. The number of thioether (sulfide) groups is 1. The highest BCUT2D eigenvalue weighted by molar-refractivity contribution is 7.99. The van der Waals surface area contributed by atoms with Gasteiger partial charge in [0.15, 0.2) is 10.7 Å².